The van der Waals surface area contributed by atoms with Crippen molar-refractivity contribution in [2.75, 3.05) is 6.61 Å². The summed E-state index contributed by atoms with van der Waals surface area (Å²) in [5.74, 6) is -3.18. The summed E-state index contributed by atoms with van der Waals surface area (Å²) in [7, 11) is -4.16. The largest absolute Gasteiger partial charge is 0.454 e. The molecule has 0 spiro atoms. The van der Waals surface area contributed by atoms with Gasteiger partial charge in [-0.2, -0.15) is 0 Å². The lowest BCUT2D eigenvalue weighted by Crippen LogP contribution is -2.17. The van der Waals surface area contributed by atoms with E-state index in [2.05, 4.69) is 0 Å². The van der Waals surface area contributed by atoms with Crippen LogP contribution in [0.4, 0.5) is 8.78 Å². The van der Waals surface area contributed by atoms with E-state index in [4.69, 9.17) is 9.88 Å². The van der Waals surface area contributed by atoms with Gasteiger partial charge in [-0.15, -0.1) is 0 Å². The van der Waals surface area contributed by atoms with Crippen LogP contribution >= 0.6 is 0 Å². The maximum Gasteiger partial charge on any atom is 0.341 e. The van der Waals surface area contributed by atoms with Gasteiger partial charge in [-0.3, -0.25) is 4.79 Å². The van der Waals surface area contributed by atoms with Crippen molar-refractivity contribution in [3.05, 3.63) is 82.2 Å². The summed E-state index contributed by atoms with van der Waals surface area (Å²) in [5.41, 5.74) is 1.76. The number of nitrogens with two attached hydrogens (primary N) is 1. The van der Waals surface area contributed by atoms with Gasteiger partial charge in [0.1, 0.15) is 11.6 Å². The van der Waals surface area contributed by atoms with Gasteiger partial charge in [0.25, 0.3) is 0 Å². The van der Waals surface area contributed by atoms with Crippen LogP contribution in [0.15, 0.2) is 47.4 Å². The van der Waals surface area contributed by atoms with Gasteiger partial charge in [-0.05, 0) is 62.7 Å². The van der Waals surface area contributed by atoms with Crippen LogP contribution < -0.4 is 5.14 Å². The number of nitrogens with zero attached hydrogens (tertiary/aromatic N) is 1. The maximum absolute atomic E-state index is 14.0. The molecular weight excluding hydrogens is 442 g/mol. The average Bonchev–Trinajstić information content (AvgIpc) is 3.01. The van der Waals surface area contributed by atoms with Crippen LogP contribution in [0.1, 0.15) is 37.7 Å². The van der Waals surface area contributed by atoms with Crippen molar-refractivity contribution in [2.45, 2.75) is 25.7 Å². The fraction of sp³-hybridized carbons (Fsp3) is 0.182. The van der Waals surface area contributed by atoms with E-state index < -0.39 is 44.7 Å². The van der Waals surface area contributed by atoms with E-state index >= 15 is 0 Å². The molecule has 7 nitrogen and oxygen atoms in total. The highest BCUT2D eigenvalue weighted by molar-refractivity contribution is 7.89. The molecule has 0 unspecified atom stereocenters. The molecule has 0 amide bonds. The molecule has 3 rings (SSSR count). The second-order valence-electron chi connectivity index (χ2n) is 7.24. The number of ketones is 1. The molecule has 0 aliphatic heterocycles. The number of esters is 1. The summed E-state index contributed by atoms with van der Waals surface area (Å²) in [6.45, 7) is 4.33. The van der Waals surface area contributed by atoms with Crippen molar-refractivity contribution in [2.24, 2.45) is 5.14 Å². The Balaban J connectivity index is 1.82. The first-order valence-electron chi connectivity index (χ1n) is 9.38. The summed E-state index contributed by atoms with van der Waals surface area (Å²) in [5, 5.41) is 4.99. The fourth-order valence-electron chi connectivity index (χ4n) is 3.29. The molecule has 2 aromatic carbocycles. The number of benzene rings is 2. The Labute approximate surface area is 183 Å². The molecular formula is C22H20F2N2O5S. The average molecular weight is 462 g/mol. The zero-order valence-corrected chi connectivity index (χ0v) is 18.3. The van der Waals surface area contributed by atoms with Crippen molar-refractivity contribution >= 4 is 21.8 Å². The predicted molar refractivity (Wildman–Crippen MR) is 112 cm³/mol. The summed E-state index contributed by atoms with van der Waals surface area (Å²) in [6.07, 6.45) is 0. The number of aryl methyl sites for hydroxylation is 2. The second kappa shape index (κ2) is 8.64. The van der Waals surface area contributed by atoms with Gasteiger partial charge >= 0.3 is 5.97 Å². The standard InChI is InChI=1S/C22H20F2N2O5S/c1-12-4-5-15(9-20(12)24)26-13(2)8-17(14(26)3)21(27)11-31-22(28)18-10-16(32(25,29)30)6-7-19(18)23/h4-10H,11H2,1-3H3,(H2,25,29,30). The van der Waals surface area contributed by atoms with Crippen molar-refractivity contribution in [3.8, 4) is 5.69 Å². The Morgan fingerprint density at radius 2 is 1.66 bits per heavy atom. The first-order chi connectivity index (χ1) is 14.9. The molecule has 0 aliphatic carbocycles. The number of carbonyl (C=O) groups excluding carboxylic acids is 2. The van der Waals surface area contributed by atoms with E-state index in [1.54, 1.807) is 43.5 Å². The smallest absolute Gasteiger partial charge is 0.341 e. The third kappa shape index (κ3) is 4.61. The third-order valence-corrected chi connectivity index (χ3v) is 5.88. The number of primary sulfonamides is 1. The second-order valence-corrected chi connectivity index (χ2v) is 8.80. The monoisotopic (exact) mass is 462 g/mol. The van der Waals surface area contributed by atoms with Crippen LogP contribution in [0.5, 0.6) is 0 Å². The molecule has 1 heterocycles. The van der Waals surface area contributed by atoms with Crippen LogP contribution in [-0.2, 0) is 14.8 Å². The topological polar surface area (TPSA) is 108 Å². The molecule has 0 atom stereocenters. The van der Waals surface area contributed by atoms with Crippen LogP contribution in [0.3, 0.4) is 0 Å². The summed E-state index contributed by atoms with van der Waals surface area (Å²) < 4.78 is 57.4. The molecule has 168 valence electrons. The zero-order valence-electron chi connectivity index (χ0n) is 17.5. The number of aromatic nitrogens is 1. The molecule has 0 aliphatic rings. The first-order valence-corrected chi connectivity index (χ1v) is 10.9. The van der Waals surface area contributed by atoms with E-state index in [1.807, 2.05) is 0 Å². The Morgan fingerprint density at radius 3 is 2.28 bits per heavy atom. The SMILES string of the molecule is Cc1ccc(-n2c(C)cc(C(=O)COC(=O)c3cc(S(N)(=O)=O)ccc3F)c2C)cc1F. The minimum Gasteiger partial charge on any atom is -0.454 e. The number of hydrogen-bond donors (Lipinski definition) is 1. The number of carbonyl (C=O) groups is 2. The van der Waals surface area contributed by atoms with Gasteiger partial charge in [0.2, 0.25) is 15.8 Å². The summed E-state index contributed by atoms with van der Waals surface area (Å²) in [6, 6.07) is 8.69. The predicted octanol–water partition coefficient (Wildman–Crippen LogP) is 3.37. The summed E-state index contributed by atoms with van der Waals surface area (Å²) in [4.78, 5) is 24.4. The molecule has 2 N–H and O–H groups in total. The van der Waals surface area contributed by atoms with Gasteiger partial charge in [0.05, 0.1) is 10.5 Å². The number of rotatable bonds is 6. The maximum atomic E-state index is 14.0. The molecule has 32 heavy (non-hydrogen) atoms. The van der Waals surface area contributed by atoms with E-state index in [0.717, 1.165) is 18.2 Å². The number of hydrogen-bond acceptors (Lipinski definition) is 5. The van der Waals surface area contributed by atoms with E-state index in [1.165, 1.54) is 6.07 Å². The minimum absolute atomic E-state index is 0.245. The number of Topliss-reactive ketones (excluding diaryl/α,β-unsaturated/α-hetero) is 1. The third-order valence-electron chi connectivity index (χ3n) is 4.97. The molecule has 0 saturated carbocycles. The Morgan fingerprint density at radius 1 is 0.969 bits per heavy atom. The van der Waals surface area contributed by atoms with Gasteiger partial charge in [0, 0.05) is 22.6 Å². The molecule has 0 bridgehead atoms. The van der Waals surface area contributed by atoms with Gasteiger partial charge in [0.15, 0.2) is 6.61 Å². The van der Waals surface area contributed by atoms with Crippen molar-refractivity contribution in [1.29, 1.82) is 0 Å². The van der Waals surface area contributed by atoms with Crippen LogP contribution in [0, 0.1) is 32.4 Å². The van der Waals surface area contributed by atoms with Crippen molar-refractivity contribution in [1.82, 2.24) is 4.57 Å². The van der Waals surface area contributed by atoms with Crippen LogP contribution in [-0.4, -0.2) is 31.3 Å². The van der Waals surface area contributed by atoms with Gasteiger partial charge in [-0.1, -0.05) is 6.07 Å². The van der Waals surface area contributed by atoms with Crippen molar-refractivity contribution < 1.29 is 31.5 Å². The molecule has 0 saturated heterocycles. The number of halogens is 2. The quantitative estimate of drug-likeness (QED) is 0.446. The summed E-state index contributed by atoms with van der Waals surface area (Å²) >= 11 is 0. The molecule has 0 fully saturated rings. The highest BCUT2D eigenvalue weighted by Gasteiger charge is 2.22. The lowest BCUT2D eigenvalue weighted by atomic mass is 10.1. The molecule has 10 heteroatoms. The van der Waals surface area contributed by atoms with Crippen LogP contribution in [0.25, 0.3) is 5.69 Å². The van der Waals surface area contributed by atoms with Gasteiger partial charge in [-0.25, -0.2) is 27.1 Å². The van der Waals surface area contributed by atoms with E-state index in [-0.39, 0.29) is 11.4 Å². The first kappa shape index (κ1) is 23.3. The Bertz CT molecular complexity index is 1350. The fourth-order valence-corrected chi connectivity index (χ4v) is 3.83. The Kier molecular flexibility index (Phi) is 6.29. The lowest BCUT2D eigenvalue weighted by Gasteiger charge is -2.11. The minimum atomic E-state index is -4.16. The van der Waals surface area contributed by atoms with Crippen LogP contribution in [0.2, 0.25) is 0 Å². The normalized spacial score (nSPS) is 11.4. The van der Waals surface area contributed by atoms with E-state index in [0.29, 0.717) is 22.6 Å². The zero-order chi connectivity index (χ0) is 23.8. The van der Waals surface area contributed by atoms with Crippen molar-refractivity contribution in [3.63, 3.8) is 0 Å². The molecule has 0 radical (unpaired) electrons. The molecule has 3 aromatic rings. The number of ether oxygens (including phenoxy) is 1. The number of sulfonamides is 1. The molecule has 1 aromatic heterocycles. The van der Waals surface area contributed by atoms with E-state index in [9.17, 15) is 26.8 Å². The van der Waals surface area contributed by atoms with Gasteiger partial charge < -0.3 is 9.30 Å². The highest BCUT2D eigenvalue weighted by atomic mass is 32.2. The lowest BCUT2D eigenvalue weighted by molar-refractivity contribution is 0.0469. The highest BCUT2D eigenvalue weighted by Crippen LogP contribution is 2.23. The Hall–Kier alpha value is -3.37.